The van der Waals surface area contributed by atoms with Crippen LogP contribution in [-0.4, -0.2) is 13.4 Å². The summed E-state index contributed by atoms with van der Waals surface area (Å²) in [6.45, 7) is 4.16. The molecule has 3 aromatic carbocycles. The Morgan fingerprint density at radius 3 is 2.25 bits per heavy atom. The number of sulfonamides is 1. The fourth-order valence-electron chi connectivity index (χ4n) is 3.26. The molecule has 4 aromatic rings. The number of fused-ring (bicyclic) bond motifs is 1. The Morgan fingerprint density at radius 1 is 0.857 bits per heavy atom. The van der Waals surface area contributed by atoms with Gasteiger partial charge in [0.2, 0.25) is 0 Å². The van der Waals surface area contributed by atoms with Gasteiger partial charge in [0.1, 0.15) is 0 Å². The molecule has 0 aliphatic carbocycles. The van der Waals surface area contributed by atoms with Crippen molar-refractivity contribution in [2.75, 3.05) is 4.72 Å². The van der Waals surface area contributed by atoms with Gasteiger partial charge in [-0.15, -0.1) is 0 Å². The summed E-state index contributed by atoms with van der Waals surface area (Å²) in [5.74, 6) is 0.354. The Kier molecular flexibility index (Phi) is 4.69. The molecule has 0 unspecified atom stereocenters. The van der Waals surface area contributed by atoms with Gasteiger partial charge in [-0.2, -0.15) is 0 Å². The van der Waals surface area contributed by atoms with E-state index in [4.69, 9.17) is 0 Å². The van der Waals surface area contributed by atoms with Crippen molar-refractivity contribution in [1.82, 2.24) is 4.98 Å². The first kappa shape index (κ1) is 18.3. The molecule has 5 heteroatoms. The van der Waals surface area contributed by atoms with E-state index in [9.17, 15) is 8.42 Å². The molecule has 0 spiro atoms. The zero-order valence-corrected chi connectivity index (χ0v) is 16.6. The Bertz CT molecular complexity index is 1190. The fraction of sp³-hybridized carbons (Fsp3) is 0.130. The number of benzene rings is 3. The van der Waals surface area contributed by atoms with Crippen LogP contribution in [0.3, 0.4) is 0 Å². The average Bonchev–Trinajstić information content (AvgIpc) is 3.12. The van der Waals surface area contributed by atoms with Crippen LogP contribution in [0.15, 0.2) is 83.8 Å². The molecule has 4 nitrogen and oxygen atoms in total. The maximum Gasteiger partial charge on any atom is 0.261 e. The minimum absolute atomic E-state index is 0.253. The molecule has 0 saturated carbocycles. The van der Waals surface area contributed by atoms with Crippen molar-refractivity contribution >= 4 is 26.6 Å². The Hall–Kier alpha value is -3.05. The monoisotopic (exact) mass is 390 g/mol. The van der Waals surface area contributed by atoms with Crippen molar-refractivity contribution in [2.45, 2.75) is 24.7 Å². The first-order valence-electron chi connectivity index (χ1n) is 9.24. The van der Waals surface area contributed by atoms with Crippen LogP contribution in [0.5, 0.6) is 0 Å². The van der Waals surface area contributed by atoms with E-state index < -0.39 is 10.0 Å². The van der Waals surface area contributed by atoms with Crippen molar-refractivity contribution in [3.8, 4) is 11.3 Å². The Balaban J connectivity index is 1.70. The van der Waals surface area contributed by atoms with Crippen LogP contribution in [0.2, 0.25) is 0 Å². The molecular formula is C23H22N2O2S. The van der Waals surface area contributed by atoms with E-state index in [-0.39, 0.29) is 4.90 Å². The second-order valence-corrected chi connectivity index (χ2v) is 8.83. The lowest BCUT2D eigenvalue weighted by molar-refractivity contribution is 0.601. The molecule has 0 radical (unpaired) electrons. The number of hydrogen-bond donors (Lipinski definition) is 2. The Labute approximate surface area is 165 Å². The van der Waals surface area contributed by atoms with Crippen molar-refractivity contribution in [2.24, 2.45) is 0 Å². The summed E-state index contributed by atoms with van der Waals surface area (Å²) in [5.41, 5.74) is 4.34. The van der Waals surface area contributed by atoms with Crippen LogP contribution < -0.4 is 4.72 Å². The van der Waals surface area contributed by atoms with Gasteiger partial charge in [0.25, 0.3) is 10.0 Å². The summed E-state index contributed by atoms with van der Waals surface area (Å²) in [5, 5.41) is 1.08. The van der Waals surface area contributed by atoms with Crippen LogP contribution in [0.25, 0.3) is 22.2 Å². The van der Waals surface area contributed by atoms with Gasteiger partial charge in [0.15, 0.2) is 0 Å². The topological polar surface area (TPSA) is 62.0 Å². The zero-order chi connectivity index (χ0) is 19.7. The summed E-state index contributed by atoms with van der Waals surface area (Å²) in [4.78, 5) is 3.62. The summed E-state index contributed by atoms with van der Waals surface area (Å²) in [6, 6.07) is 24.5. The van der Waals surface area contributed by atoms with Crippen LogP contribution in [0.4, 0.5) is 5.69 Å². The number of para-hydroxylation sites is 2. The molecule has 0 saturated heterocycles. The van der Waals surface area contributed by atoms with Gasteiger partial charge in [0.05, 0.1) is 10.6 Å². The number of aromatic amines is 1. The van der Waals surface area contributed by atoms with Crippen LogP contribution >= 0.6 is 0 Å². The standard InChI is InChI=1S/C23H22N2O2S/c1-16(2)17-11-13-19(14-12-17)28(26,27)25-22-10-6-4-8-20(22)23-15-18-7-3-5-9-21(18)24-23/h3-16,24-25H,1-2H3. The van der Waals surface area contributed by atoms with Gasteiger partial charge in [0, 0.05) is 22.2 Å². The predicted octanol–water partition coefficient (Wildman–Crippen LogP) is 5.76. The summed E-state index contributed by atoms with van der Waals surface area (Å²) >= 11 is 0. The third-order valence-corrected chi connectivity index (χ3v) is 6.23. The molecule has 4 rings (SSSR count). The van der Waals surface area contributed by atoms with Crippen LogP contribution in [0.1, 0.15) is 25.3 Å². The minimum atomic E-state index is -3.68. The third kappa shape index (κ3) is 3.53. The summed E-state index contributed by atoms with van der Waals surface area (Å²) in [7, 11) is -3.68. The van der Waals surface area contributed by atoms with Crippen LogP contribution in [0, 0.1) is 0 Å². The van der Waals surface area contributed by atoms with Gasteiger partial charge in [-0.1, -0.05) is 62.4 Å². The number of hydrogen-bond acceptors (Lipinski definition) is 2. The molecule has 0 fully saturated rings. The van der Waals surface area contributed by atoms with Gasteiger partial charge >= 0.3 is 0 Å². The molecule has 1 heterocycles. The smallest absolute Gasteiger partial charge is 0.261 e. The van der Waals surface area contributed by atoms with E-state index in [0.29, 0.717) is 11.6 Å². The van der Waals surface area contributed by atoms with E-state index in [1.165, 1.54) is 0 Å². The van der Waals surface area contributed by atoms with Crippen molar-refractivity contribution < 1.29 is 8.42 Å². The Morgan fingerprint density at radius 2 is 1.54 bits per heavy atom. The molecule has 0 bridgehead atoms. The average molecular weight is 391 g/mol. The highest BCUT2D eigenvalue weighted by molar-refractivity contribution is 7.92. The number of anilines is 1. The lowest BCUT2D eigenvalue weighted by Gasteiger charge is -2.13. The summed E-state index contributed by atoms with van der Waals surface area (Å²) in [6.07, 6.45) is 0. The van der Waals surface area contributed by atoms with E-state index >= 15 is 0 Å². The first-order valence-corrected chi connectivity index (χ1v) is 10.7. The second kappa shape index (κ2) is 7.17. The minimum Gasteiger partial charge on any atom is -0.354 e. The highest BCUT2D eigenvalue weighted by Gasteiger charge is 2.17. The second-order valence-electron chi connectivity index (χ2n) is 7.15. The third-order valence-electron chi connectivity index (χ3n) is 4.85. The molecule has 0 aliphatic rings. The van der Waals surface area contributed by atoms with Crippen molar-refractivity contribution in [3.05, 3.63) is 84.4 Å². The SMILES string of the molecule is CC(C)c1ccc(S(=O)(=O)Nc2ccccc2-c2cc3ccccc3[nH]2)cc1. The van der Waals surface area contributed by atoms with E-state index in [1.807, 2.05) is 60.7 Å². The van der Waals surface area contributed by atoms with E-state index in [0.717, 1.165) is 27.7 Å². The van der Waals surface area contributed by atoms with E-state index in [1.54, 1.807) is 18.2 Å². The van der Waals surface area contributed by atoms with Gasteiger partial charge in [-0.25, -0.2) is 8.42 Å². The summed E-state index contributed by atoms with van der Waals surface area (Å²) < 4.78 is 28.6. The fourth-order valence-corrected chi connectivity index (χ4v) is 4.34. The maximum atomic E-state index is 12.9. The number of H-pyrrole nitrogens is 1. The molecule has 0 aliphatic heterocycles. The lowest BCUT2D eigenvalue weighted by Crippen LogP contribution is -2.13. The highest BCUT2D eigenvalue weighted by Crippen LogP contribution is 2.31. The molecule has 0 atom stereocenters. The lowest BCUT2D eigenvalue weighted by atomic mass is 10.0. The highest BCUT2D eigenvalue weighted by atomic mass is 32.2. The molecular weight excluding hydrogens is 368 g/mol. The first-order chi connectivity index (χ1) is 13.4. The van der Waals surface area contributed by atoms with Gasteiger partial charge in [-0.3, -0.25) is 4.72 Å². The van der Waals surface area contributed by atoms with Crippen molar-refractivity contribution in [3.63, 3.8) is 0 Å². The predicted molar refractivity (Wildman–Crippen MR) is 115 cm³/mol. The van der Waals surface area contributed by atoms with Gasteiger partial charge in [-0.05, 0) is 41.8 Å². The van der Waals surface area contributed by atoms with E-state index in [2.05, 4.69) is 23.6 Å². The number of nitrogens with one attached hydrogen (secondary N) is 2. The van der Waals surface area contributed by atoms with Crippen molar-refractivity contribution in [1.29, 1.82) is 0 Å². The molecule has 1 aromatic heterocycles. The number of aromatic nitrogens is 1. The van der Waals surface area contributed by atoms with Gasteiger partial charge < -0.3 is 4.98 Å². The molecule has 2 N–H and O–H groups in total. The molecule has 142 valence electrons. The normalized spacial score (nSPS) is 11.8. The largest absolute Gasteiger partial charge is 0.354 e. The quantitative estimate of drug-likeness (QED) is 0.455. The molecule has 28 heavy (non-hydrogen) atoms. The van der Waals surface area contributed by atoms with Crippen LogP contribution in [-0.2, 0) is 10.0 Å². The molecule has 0 amide bonds. The maximum absolute atomic E-state index is 12.9. The zero-order valence-electron chi connectivity index (χ0n) is 15.8. The number of rotatable bonds is 5.